The van der Waals surface area contributed by atoms with E-state index in [1.807, 2.05) is 0 Å². The minimum Gasteiger partial charge on any atom is -0.258 e. The van der Waals surface area contributed by atoms with Crippen LogP contribution in [-0.2, 0) is 19.7 Å². The van der Waals surface area contributed by atoms with Crippen LogP contribution in [0.2, 0.25) is 0 Å². The first kappa shape index (κ1) is 25.6. The van der Waals surface area contributed by atoms with Gasteiger partial charge in [-0.2, -0.15) is 6.42 Å². The van der Waals surface area contributed by atoms with E-state index in [0.29, 0.717) is 6.42 Å². The van der Waals surface area contributed by atoms with Crippen LogP contribution in [0.5, 0.6) is 0 Å². The molecular weight excluding hydrogens is 322 g/mol. The summed E-state index contributed by atoms with van der Waals surface area (Å²) in [5.74, 6) is 1.21. The predicted molar refractivity (Wildman–Crippen MR) is 83.8 cm³/mol. The van der Waals surface area contributed by atoms with E-state index in [-0.39, 0.29) is 47.5 Å². The van der Waals surface area contributed by atoms with Crippen LogP contribution in [0.4, 0.5) is 0 Å². The first-order chi connectivity index (χ1) is 9.79. The average Bonchev–Trinajstić information content (AvgIpc) is 2.42. The van der Waals surface area contributed by atoms with Crippen molar-refractivity contribution in [2.75, 3.05) is 0 Å². The Kier molecular flexibility index (Phi) is 13.1. The summed E-state index contributed by atoms with van der Waals surface area (Å²) in [6, 6.07) is 5.57. The monoisotopic (exact) mass is 344 g/mol. The third-order valence-corrected chi connectivity index (χ3v) is 5.93. The predicted octanol–water partition coefficient (Wildman–Crippen LogP) is -2.44. The summed E-state index contributed by atoms with van der Waals surface area (Å²) in [5.41, 5.74) is 0. The first-order valence-corrected chi connectivity index (χ1v) is 10.2. The van der Waals surface area contributed by atoms with E-state index in [2.05, 4.69) is 13.2 Å². The van der Waals surface area contributed by atoms with Crippen LogP contribution in [0.3, 0.4) is 0 Å². The van der Waals surface area contributed by atoms with Gasteiger partial charge in [0.1, 0.15) is 0 Å². The fourth-order valence-corrected chi connectivity index (χ4v) is 4.68. The number of unbranched alkanes of at least 4 members (excludes halogenated alkanes) is 5. The van der Waals surface area contributed by atoms with Crippen LogP contribution in [0.1, 0.15) is 45.4 Å². The summed E-state index contributed by atoms with van der Waals surface area (Å²) < 4.78 is 47.6. The maximum atomic E-state index is 12.2. The van der Waals surface area contributed by atoms with E-state index in [1.165, 1.54) is 30.0 Å². The Bertz CT molecular complexity index is 656. The molecule has 0 aliphatic heterocycles. The Morgan fingerprint density at radius 1 is 0.913 bits per heavy atom. The molecule has 120 valence electrons. The van der Waals surface area contributed by atoms with Crippen LogP contribution in [-0.4, -0.2) is 16.8 Å². The Morgan fingerprint density at radius 2 is 1.43 bits per heavy atom. The molecule has 0 aromatic heterocycles. The molecule has 0 atom stereocenters. The molecule has 1 aromatic carbocycles. The molecule has 1 aromatic rings. The van der Waals surface area contributed by atoms with E-state index in [4.69, 9.17) is 0 Å². The molecule has 0 amide bonds. The molecule has 8 heteroatoms. The molecule has 0 fully saturated rings. The molecule has 4 nitrogen and oxygen atoms in total. The van der Waals surface area contributed by atoms with Gasteiger partial charge in [-0.05, 0) is 12.1 Å². The Morgan fingerprint density at radius 3 is 1.96 bits per heavy atom. The van der Waals surface area contributed by atoms with Gasteiger partial charge in [-0.25, -0.2) is 12.0 Å². The van der Waals surface area contributed by atoms with Gasteiger partial charge >= 0.3 is 37.7 Å². The van der Waals surface area contributed by atoms with Crippen molar-refractivity contribution in [1.82, 2.24) is 0 Å². The summed E-state index contributed by atoms with van der Waals surface area (Å²) in [6.07, 6.45) is 8.61. The Labute approximate surface area is 165 Å². The number of sulfone groups is 2. The largest absolute Gasteiger partial charge is 1.00 e. The second-order valence-electron chi connectivity index (χ2n) is 4.98. The fraction of sp³-hybridized carbons (Fsp3) is 0.467. The third-order valence-electron chi connectivity index (χ3n) is 3.14. The molecule has 0 heterocycles. The van der Waals surface area contributed by atoms with E-state index >= 15 is 0 Å². The standard InChI is InChI=1S/C15H22O4S2.2Li/c1-3-4-5-6-7-10-13-21(18,19)15-12-9-8-11-14(15)20(2,16)17;;/h8-9,11-13H,2-7,10H2,1H3;;/q-2;2*+1. The molecule has 23 heavy (non-hydrogen) atoms. The molecule has 0 saturated heterocycles. The van der Waals surface area contributed by atoms with Crippen molar-refractivity contribution in [2.45, 2.75) is 55.2 Å². The number of hydrogen-bond donors (Lipinski definition) is 0. The molecule has 0 N–H and O–H groups in total. The number of benzene rings is 1. The number of rotatable bonds is 9. The van der Waals surface area contributed by atoms with Gasteiger partial charge in [-0.1, -0.05) is 51.2 Å². The van der Waals surface area contributed by atoms with Gasteiger partial charge in [-0.3, -0.25) is 16.8 Å². The average molecular weight is 344 g/mol. The zero-order chi connectivity index (χ0) is 15.9. The van der Waals surface area contributed by atoms with Gasteiger partial charge in [0.2, 0.25) is 0 Å². The second-order valence-corrected chi connectivity index (χ2v) is 8.51. The molecule has 1 rings (SSSR count). The summed E-state index contributed by atoms with van der Waals surface area (Å²) in [6.45, 7) is 2.12. The van der Waals surface area contributed by atoms with E-state index in [1.54, 1.807) is 0 Å². The molecule has 0 unspecified atom stereocenters. The fourth-order valence-electron chi connectivity index (χ4n) is 2.02. The summed E-state index contributed by atoms with van der Waals surface area (Å²) in [5, 5.41) is 0. The molecule has 0 aliphatic rings. The van der Waals surface area contributed by atoms with Gasteiger partial charge in [-0.15, -0.1) is 0 Å². The van der Waals surface area contributed by atoms with E-state index < -0.39 is 19.7 Å². The van der Waals surface area contributed by atoms with E-state index in [9.17, 15) is 16.8 Å². The van der Waals surface area contributed by atoms with Crippen LogP contribution in [0.15, 0.2) is 34.1 Å². The normalized spacial score (nSPS) is 11.4. The van der Waals surface area contributed by atoms with Crippen LogP contribution in [0.25, 0.3) is 0 Å². The second kappa shape index (κ2) is 11.8. The van der Waals surface area contributed by atoms with Crippen molar-refractivity contribution >= 4 is 19.7 Å². The van der Waals surface area contributed by atoms with Crippen molar-refractivity contribution < 1.29 is 54.6 Å². The Hall–Kier alpha value is 0.315. The zero-order valence-electron chi connectivity index (χ0n) is 14.3. The molecule has 0 radical (unpaired) electrons. The molecular formula is C15H22Li2O4S2. The molecule has 0 aliphatic carbocycles. The minimum absolute atomic E-state index is 0. The van der Waals surface area contributed by atoms with Gasteiger partial charge in [0.15, 0.2) is 0 Å². The van der Waals surface area contributed by atoms with Crippen LogP contribution in [0, 0.1) is 12.0 Å². The molecule has 0 bridgehead atoms. The van der Waals surface area contributed by atoms with Gasteiger partial charge in [0, 0.05) is 0 Å². The summed E-state index contributed by atoms with van der Waals surface area (Å²) >= 11 is 0. The zero-order valence-corrected chi connectivity index (χ0v) is 15.9. The maximum absolute atomic E-state index is 12.2. The van der Waals surface area contributed by atoms with Crippen molar-refractivity contribution in [2.24, 2.45) is 0 Å². The number of hydrogen-bond acceptors (Lipinski definition) is 4. The van der Waals surface area contributed by atoms with Gasteiger partial charge in [0.25, 0.3) is 0 Å². The van der Waals surface area contributed by atoms with Crippen LogP contribution < -0.4 is 37.7 Å². The first-order valence-electron chi connectivity index (χ1n) is 7.04. The SMILES string of the molecule is [CH2-]S(=O)(=O)c1ccccc1S(=O)(=O)[CH-]CCCCCCC.[Li+].[Li+]. The third kappa shape index (κ3) is 8.82. The maximum Gasteiger partial charge on any atom is 1.00 e. The molecule has 0 saturated carbocycles. The minimum atomic E-state index is -3.81. The summed E-state index contributed by atoms with van der Waals surface area (Å²) in [4.78, 5) is -0.430. The Balaban J connectivity index is 0. The quantitative estimate of drug-likeness (QED) is 0.284. The van der Waals surface area contributed by atoms with Gasteiger partial charge in [0.05, 0.1) is 29.5 Å². The van der Waals surface area contributed by atoms with Crippen molar-refractivity contribution in [3.63, 3.8) is 0 Å². The summed E-state index contributed by atoms with van der Waals surface area (Å²) in [7, 11) is -7.52. The van der Waals surface area contributed by atoms with E-state index in [0.717, 1.165) is 32.1 Å². The smallest absolute Gasteiger partial charge is 0.258 e. The van der Waals surface area contributed by atoms with Crippen LogP contribution >= 0.6 is 0 Å². The molecule has 0 spiro atoms. The topological polar surface area (TPSA) is 68.3 Å². The van der Waals surface area contributed by atoms with Crippen molar-refractivity contribution in [3.8, 4) is 0 Å². The van der Waals surface area contributed by atoms with Gasteiger partial charge < -0.3 is 0 Å². The van der Waals surface area contributed by atoms with Crippen molar-refractivity contribution in [3.05, 3.63) is 36.3 Å². The van der Waals surface area contributed by atoms with Crippen molar-refractivity contribution in [1.29, 1.82) is 0 Å².